The molecule has 0 bridgehead atoms. The van der Waals surface area contributed by atoms with Crippen LogP contribution in [0.4, 0.5) is 8.78 Å². The first kappa shape index (κ1) is 18.0. The number of aromatic nitrogens is 1. The molecule has 1 atom stereocenters. The van der Waals surface area contributed by atoms with E-state index in [0.29, 0.717) is 42.1 Å². The average molecular weight is 388 g/mol. The Balaban J connectivity index is 1.44. The van der Waals surface area contributed by atoms with Crippen molar-refractivity contribution in [3.8, 4) is 0 Å². The molecule has 3 aromatic rings. The lowest BCUT2D eigenvalue weighted by Crippen LogP contribution is -2.34. The number of hydrogen-bond donors (Lipinski definition) is 0. The van der Waals surface area contributed by atoms with Crippen LogP contribution in [-0.2, 0) is 11.2 Å². The molecule has 0 spiro atoms. The number of fused-ring (bicyclic) bond motifs is 1. The lowest BCUT2D eigenvalue weighted by atomic mass is 10.1. The molecule has 1 saturated heterocycles. The van der Waals surface area contributed by atoms with Gasteiger partial charge in [-0.1, -0.05) is 17.3 Å². The smallest absolute Gasteiger partial charge is 0.228 e. The zero-order valence-electron chi connectivity index (χ0n) is 14.5. The molecule has 1 fully saturated rings. The fraction of sp³-hybridized carbons (Fsp3) is 0.300. The largest absolute Gasteiger partial charge is 0.356 e. The van der Waals surface area contributed by atoms with Crippen LogP contribution >= 0.6 is 11.8 Å². The predicted molar refractivity (Wildman–Crippen MR) is 100 cm³/mol. The van der Waals surface area contributed by atoms with Gasteiger partial charge in [-0.2, -0.15) is 11.8 Å². The molecule has 27 heavy (non-hydrogen) atoms. The summed E-state index contributed by atoms with van der Waals surface area (Å²) in [5.74, 6) is -0.203. The maximum absolute atomic E-state index is 14.1. The molecule has 4 rings (SSSR count). The van der Waals surface area contributed by atoms with Crippen molar-refractivity contribution in [1.29, 1.82) is 0 Å². The summed E-state index contributed by atoms with van der Waals surface area (Å²) in [5, 5.41) is 4.70. The Morgan fingerprint density at radius 1 is 1.22 bits per heavy atom. The van der Waals surface area contributed by atoms with Crippen LogP contribution in [-0.4, -0.2) is 34.8 Å². The third-order valence-corrected chi connectivity index (χ3v) is 6.08. The summed E-state index contributed by atoms with van der Waals surface area (Å²) in [4.78, 5) is 14.5. The Labute approximate surface area is 159 Å². The van der Waals surface area contributed by atoms with Crippen LogP contribution in [0.3, 0.4) is 0 Å². The monoisotopic (exact) mass is 388 g/mol. The van der Waals surface area contributed by atoms with Gasteiger partial charge in [-0.3, -0.25) is 4.79 Å². The number of benzene rings is 2. The molecule has 4 nitrogen and oxygen atoms in total. The summed E-state index contributed by atoms with van der Waals surface area (Å²) in [6.45, 7) is 1.08. The summed E-state index contributed by atoms with van der Waals surface area (Å²) in [5.41, 5.74) is 1.66. The molecule has 0 N–H and O–H groups in total. The minimum atomic E-state index is -0.443. The van der Waals surface area contributed by atoms with E-state index in [-0.39, 0.29) is 17.6 Å². The van der Waals surface area contributed by atoms with Gasteiger partial charge >= 0.3 is 0 Å². The van der Waals surface area contributed by atoms with E-state index >= 15 is 0 Å². The van der Waals surface area contributed by atoms with Crippen molar-refractivity contribution in [2.45, 2.75) is 18.1 Å². The van der Waals surface area contributed by atoms with Gasteiger partial charge in [-0.05, 0) is 36.8 Å². The van der Waals surface area contributed by atoms with Crippen LogP contribution in [0.5, 0.6) is 0 Å². The molecule has 0 saturated carbocycles. The molecule has 2 aromatic carbocycles. The molecule has 2 heterocycles. The van der Waals surface area contributed by atoms with Gasteiger partial charge in [-0.15, -0.1) is 0 Å². The molecular weight excluding hydrogens is 370 g/mol. The molecule has 7 heteroatoms. The van der Waals surface area contributed by atoms with Crippen LogP contribution < -0.4 is 0 Å². The SMILES string of the molecule is O=C(Cc1noc2ccccc12)N1CCS[C@H](c2cc(F)ccc2F)CC1. The summed E-state index contributed by atoms with van der Waals surface area (Å²) >= 11 is 1.56. The molecular formula is C20H18F2N2O2S. The van der Waals surface area contributed by atoms with E-state index in [0.717, 1.165) is 17.5 Å². The second-order valence-corrected chi connectivity index (χ2v) is 7.81. The number of thioether (sulfide) groups is 1. The van der Waals surface area contributed by atoms with Crippen molar-refractivity contribution < 1.29 is 18.1 Å². The van der Waals surface area contributed by atoms with Gasteiger partial charge in [0.1, 0.15) is 17.3 Å². The van der Waals surface area contributed by atoms with Crippen LogP contribution in [0.15, 0.2) is 47.0 Å². The zero-order chi connectivity index (χ0) is 18.8. The number of nitrogens with zero attached hydrogens (tertiary/aromatic N) is 2. The average Bonchev–Trinajstić information content (AvgIpc) is 2.91. The molecule has 0 radical (unpaired) electrons. The first-order chi connectivity index (χ1) is 13.1. The third-order valence-electron chi connectivity index (χ3n) is 4.77. The Kier molecular flexibility index (Phi) is 5.11. The topological polar surface area (TPSA) is 46.3 Å². The van der Waals surface area contributed by atoms with E-state index in [1.807, 2.05) is 24.3 Å². The highest BCUT2D eigenvalue weighted by molar-refractivity contribution is 7.99. The zero-order valence-corrected chi connectivity index (χ0v) is 15.3. The fourth-order valence-corrected chi connectivity index (χ4v) is 4.59. The highest BCUT2D eigenvalue weighted by atomic mass is 32.2. The number of para-hydroxylation sites is 1. The maximum Gasteiger partial charge on any atom is 0.228 e. The molecule has 1 aromatic heterocycles. The van der Waals surface area contributed by atoms with E-state index in [9.17, 15) is 13.6 Å². The molecule has 140 valence electrons. The molecule has 1 aliphatic heterocycles. The van der Waals surface area contributed by atoms with Crippen LogP contribution in [0.1, 0.15) is 22.9 Å². The standard InChI is InChI=1S/C20H18F2N2O2S/c21-13-5-6-16(22)15(11-13)19-7-8-24(9-10-27-19)20(25)12-17-14-3-1-2-4-18(14)26-23-17/h1-6,11,19H,7-10,12H2/t19-/m0/s1. The number of carbonyl (C=O) groups excluding carboxylic acids is 1. The quantitative estimate of drug-likeness (QED) is 0.669. The minimum Gasteiger partial charge on any atom is -0.356 e. The van der Waals surface area contributed by atoms with Crippen molar-refractivity contribution in [2.75, 3.05) is 18.8 Å². The number of carbonyl (C=O) groups is 1. The summed E-state index contributed by atoms with van der Waals surface area (Å²) < 4.78 is 32.8. The van der Waals surface area contributed by atoms with Crippen molar-refractivity contribution in [3.63, 3.8) is 0 Å². The first-order valence-electron chi connectivity index (χ1n) is 8.79. The van der Waals surface area contributed by atoms with Crippen molar-refractivity contribution in [1.82, 2.24) is 10.1 Å². The summed E-state index contributed by atoms with van der Waals surface area (Å²) in [6, 6.07) is 11.0. The van der Waals surface area contributed by atoms with E-state index in [4.69, 9.17) is 4.52 Å². The second-order valence-electron chi connectivity index (χ2n) is 6.50. The minimum absolute atomic E-state index is 0.0324. The summed E-state index contributed by atoms with van der Waals surface area (Å²) in [6.07, 6.45) is 0.747. The van der Waals surface area contributed by atoms with E-state index in [2.05, 4.69) is 5.16 Å². The van der Waals surface area contributed by atoms with Gasteiger partial charge in [0.2, 0.25) is 5.91 Å². The van der Waals surface area contributed by atoms with Crippen LogP contribution in [0, 0.1) is 11.6 Å². The predicted octanol–water partition coefficient (Wildman–Crippen LogP) is 4.36. The van der Waals surface area contributed by atoms with E-state index in [1.165, 1.54) is 6.07 Å². The van der Waals surface area contributed by atoms with Gasteiger partial charge in [0.05, 0.1) is 6.42 Å². The maximum atomic E-state index is 14.1. The van der Waals surface area contributed by atoms with Crippen LogP contribution in [0.2, 0.25) is 0 Å². The Hall–Kier alpha value is -2.41. The normalized spacial score (nSPS) is 17.9. The van der Waals surface area contributed by atoms with Gasteiger partial charge < -0.3 is 9.42 Å². The fourth-order valence-electron chi connectivity index (χ4n) is 3.35. The lowest BCUT2D eigenvalue weighted by molar-refractivity contribution is -0.130. The number of amides is 1. The van der Waals surface area contributed by atoms with Crippen molar-refractivity contribution in [3.05, 3.63) is 65.4 Å². The Morgan fingerprint density at radius 3 is 2.96 bits per heavy atom. The Bertz CT molecular complexity index is 976. The number of halogens is 2. The third kappa shape index (κ3) is 3.83. The molecule has 0 unspecified atom stereocenters. The first-order valence-corrected chi connectivity index (χ1v) is 9.84. The lowest BCUT2D eigenvalue weighted by Gasteiger charge is -2.20. The molecule has 1 amide bonds. The van der Waals surface area contributed by atoms with E-state index < -0.39 is 11.6 Å². The second kappa shape index (κ2) is 7.68. The van der Waals surface area contributed by atoms with Gasteiger partial charge in [0.25, 0.3) is 0 Å². The molecule has 0 aliphatic carbocycles. The van der Waals surface area contributed by atoms with Crippen LogP contribution in [0.25, 0.3) is 11.0 Å². The van der Waals surface area contributed by atoms with Gasteiger partial charge in [0, 0.05) is 35.0 Å². The van der Waals surface area contributed by atoms with Crippen molar-refractivity contribution >= 4 is 28.6 Å². The molecule has 1 aliphatic rings. The van der Waals surface area contributed by atoms with Gasteiger partial charge in [-0.25, -0.2) is 8.78 Å². The van der Waals surface area contributed by atoms with E-state index in [1.54, 1.807) is 16.7 Å². The Morgan fingerprint density at radius 2 is 2.07 bits per heavy atom. The summed E-state index contributed by atoms with van der Waals surface area (Å²) in [7, 11) is 0. The number of hydrogen-bond acceptors (Lipinski definition) is 4. The number of rotatable bonds is 3. The highest BCUT2D eigenvalue weighted by Gasteiger charge is 2.25. The highest BCUT2D eigenvalue weighted by Crippen LogP contribution is 2.36. The van der Waals surface area contributed by atoms with Crippen molar-refractivity contribution in [2.24, 2.45) is 0 Å². The van der Waals surface area contributed by atoms with Gasteiger partial charge in [0.15, 0.2) is 5.58 Å².